The fraction of sp³-hybridized carbons (Fsp3) is 1.00. The third-order valence-corrected chi connectivity index (χ3v) is 4.45. The van der Waals surface area contributed by atoms with Crippen LogP contribution < -0.4 is 0 Å². The highest BCUT2D eigenvalue weighted by Gasteiger charge is 2.50. The van der Waals surface area contributed by atoms with Crippen LogP contribution >= 0.6 is 0 Å². The fourth-order valence-corrected chi connectivity index (χ4v) is 3.22. The first-order chi connectivity index (χ1) is 4.63. The largest absolute Gasteiger partial charge is 0.0620 e. The lowest BCUT2D eigenvalue weighted by Crippen LogP contribution is -2.24. The minimum atomic E-state index is 0.740. The van der Waals surface area contributed by atoms with Crippen LogP contribution in [0.2, 0.25) is 0 Å². The van der Waals surface area contributed by atoms with Crippen molar-refractivity contribution in [3.05, 3.63) is 0 Å². The summed E-state index contributed by atoms with van der Waals surface area (Å²) in [6.45, 7) is 7.38. The summed E-state index contributed by atoms with van der Waals surface area (Å²) in [5.74, 6) is 3.09. The topological polar surface area (TPSA) is 0 Å². The van der Waals surface area contributed by atoms with E-state index in [2.05, 4.69) is 20.8 Å². The van der Waals surface area contributed by atoms with E-state index < -0.39 is 0 Å². The Morgan fingerprint density at radius 1 is 1.30 bits per heavy atom. The molecule has 10 heavy (non-hydrogen) atoms. The average molecular weight is 138 g/mol. The highest BCUT2D eigenvalue weighted by molar-refractivity contribution is 5.00. The lowest BCUT2D eigenvalue weighted by atomic mass is 9.73. The van der Waals surface area contributed by atoms with Crippen molar-refractivity contribution in [2.45, 2.75) is 40.0 Å². The molecule has 0 spiro atoms. The molecule has 58 valence electrons. The van der Waals surface area contributed by atoms with Crippen LogP contribution in [-0.2, 0) is 0 Å². The van der Waals surface area contributed by atoms with Crippen molar-refractivity contribution in [3.8, 4) is 0 Å². The zero-order chi connectivity index (χ0) is 7.35. The second-order valence-electron chi connectivity index (χ2n) is 4.80. The van der Waals surface area contributed by atoms with Gasteiger partial charge in [-0.25, -0.2) is 0 Å². The first-order valence-corrected chi connectivity index (χ1v) is 4.63. The molecule has 0 N–H and O–H groups in total. The van der Waals surface area contributed by atoms with Crippen molar-refractivity contribution < 1.29 is 0 Å². The molecule has 0 aromatic heterocycles. The molecular weight excluding hydrogens is 120 g/mol. The van der Waals surface area contributed by atoms with Crippen LogP contribution in [0.15, 0.2) is 0 Å². The Kier molecular flexibility index (Phi) is 1.19. The second-order valence-corrected chi connectivity index (χ2v) is 4.80. The quantitative estimate of drug-likeness (QED) is 0.482. The van der Waals surface area contributed by atoms with E-state index in [-0.39, 0.29) is 0 Å². The van der Waals surface area contributed by atoms with E-state index in [0.717, 1.165) is 23.2 Å². The SMILES string of the molecule is CC1C2CCC(C)(C2)[C@H]1C. The lowest BCUT2D eigenvalue weighted by molar-refractivity contribution is 0.175. The molecule has 0 nitrogen and oxygen atoms in total. The van der Waals surface area contributed by atoms with Crippen LogP contribution in [0.5, 0.6) is 0 Å². The van der Waals surface area contributed by atoms with Crippen molar-refractivity contribution in [3.63, 3.8) is 0 Å². The third kappa shape index (κ3) is 0.627. The number of rotatable bonds is 0. The Bertz CT molecular complexity index is 150. The minimum Gasteiger partial charge on any atom is -0.0620 e. The van der Waals surface area contributed by atoms with Gasteiger partial charge in [0, 0.05) is 0 Å². The summed E-state index contributed by atoms with van der Waals surface area (Å²) in [6, 6.07) is 0. The maximum Gasteiger partial charge on any atom is -0.0295 e. The van der Waals surface area contributed by atoms with Crippen molar-refractivity contribution in [1.29, 1.82) is 0 Å². The highest BCUT2D eigenvalue weighted by Crippen LogP contribution is 2.59. The predicted octanol–water partition coefficient (Wildman–Crippen LogP) is 3.08. The van der Waals surface area contributed by atoms with E-state index in [1.54, 1.807) is 0 Å². The molecule has 2 fully saturated rings. The molecule has 0 radical (unpaired) electrons. The van der Waals surface area contributed by atoms with Crippen LogP contribution in [0.4, 0.5) is 0 Å². The summed E-state index contributed by atoms with van der Waals surface area (Å²) >= 11 is 0. The van der Waals surface area contributed by atoms with Gasteiger partial charge in [-0.1, -0.05) is 20.8 Å². The first kappa shape index (κ1) is 6.69. The normalized spacial score (nSPS) is 59.7. The summed E-state index contributed by atoms with van der Waals surface area (Å²) in [5.41, 5.74) is 0.740. The molecule has 2 bridgehead atoms. The smallest absolute Gasteiger partial charge is 0.0295 e. The summed E-state index contributed by atoms with van der Waals surface area (Å²) in [6.07, 6.45) is 4.54. The van der Waals surface area contributed by atoms with Gasteiger partial charge in [0.1, 0.15) is 0 Å². The summed E-state index contributed by atoms with van der Waals surface area (Å²) in [7, 11) is 0. The van der Waals surface area contributed by atoms with Crippen molar-refractivity contribution in [2.24, 2.45) is 23.2 Å². The summed E-state index contributed by atoms with van der Waals surface area (Å²) in [4.78, 5) is 0. The zero-order valence-corrected chi connectivity index (χ0v) is 7.35. The van der Waals surface area contributed by atoms with Gasteiger partial charge in [0.25, 0.3) is 0 Å². The van der Waals surface area contributed by atoms with Crippen LogP contribution in [0.1, 0.15) is 40.0 Å². The minimum absolute atomic E-state index is 0.740. The van der Waals surface area contributed by atoms with E-state index in [0.29, 0.717) is 0 Å². The fourth-order valence-electron chi connectivity index (χ4n) is 3.22. The van der Waals surface area contributed by atoms with Gasteiger partial charge in [-0.05, 0) is 42.4 Å². The third-order valence-electron chi connectivity index (χ3n) is 4.45. The van der Waals surface area contributed by atoms with Gasteiger partial charge in [-0.2, -0.15) is 0 Å². The van der Waals surface area contributed by atoms with Gasteiger partial charge < -0.3 is 0 Å². The number of hydrogen-bond donors (Lipinski definition) is 0. The second kappa shape index (κ2) is 1.78. The average Bonchev–Trinajstić information content (AvgIpc) is 2.35. The molecule has 2 aliphatic carbocycles. The Labute approximate surface area is 64.0 Å². The van der Waals surface area contributed by atoms with E-state index >= 15 is 0 Å². The molecule has 0 amide bonds. The Balaban J connectivity index is 2.25. The molecule has 0 aromatic carbocycles. The number of hydrogen-bond acceptors (Lipinski definition) is 0. The van der Waals surface area contributed by atoms with Gasteiger partial charge in [0.05, 0.1) is 0 Å². The zero-order valence-electron chi connectivity index (χ0n) is 7.35. The van der Waals surface area contributed by atoms with Crippen LogP contribution in [0, 0.1) is 23.2 Å². The van der Waals surface area contributed by atoms with Gasteiger partial charge in [0.2, 0.25) is 0 Å². The van der Waals surface area contributed by atoms with E-state index in [1.807, 2.05) is 0 Å². The number of fused-ring (bicyclic) bond motifs is 2. The Morgan fingerprint density at radius 2 is 2.00 bits per heavy atom. The Morgan fingerprint density at radius 3 is 2.30 bits per heavy atom. The van der Waals surface area contributed by atoms with Crippen LogP contribution in [0.25, 0.3) is 0 Å². The van der Waals surface area contributed by atoms with Crippen molar-refractivity contribution >= 4 is 0 Å². The maximum atomic E-state index is 2.49. The van der Waals surface area contributed by atoms with Crippen LogP contribution in [0.3, 0.4) is 0 Å². The molecule has 3 unspecified atom stereocenters. The Hall–Kier alpha value is 0. The summed E-state index contributed by atoms with van der Waals surface area (Å²) in [5, 5.41) is 0. The predicted molar refractivity (Wildman–Crippen MR) is 43.8 cm³/mol. The van der Waals surface area contributed by atoms with Crippen molar-refractivity contribution in [1.82, 2.24) is 0 Å². The molecule has 0 saturated heterocycles. The molecule has 0 aromatic rings. The van der Waals surface area contributed by atoms with E-state index in [1.165, 1.54) is 19.3 Å². The van der Waals surface area contributed by atoms with E-state index in [4.69, 9.17) is 0 Å². The standard InChI is InChI=1S/C10H18/c1-7-8(2)10(3)5-4-9(7)6-10/h7-9H,4-6H2,1-3H3/t7?,8-,9?,10?/m0/s1. The molecule has 0 heterocycles. The molecule has 0 aliphatic heterocycles. The van der Waals surface area contributed by atoms with Crippen molar-refractivity contribution in [2.75, 3.05) is 0 Å². The summed E-state index contributed by atoms with van der Waals surface area (Å²) < 4.78 is 0. The monoisotopic (exact) mass is 138 g/mol. The molecule has 2 rings (SSSR count). The van der Waals surface area contributed by atoms with Gasteiger partial charge in [-0.15, -0.1) is 0 Å². The van der Waals surface area contributed by atoms with Crippen LogP contribution in [-0.4, -0.2) is 0 Å². The molecular formula is C10H18. The maximum absolute atomic E-state index is 2.49. The van der Waals surface area contributed by atoms with Gasteiger partial charge >= 0.3 is 0 Å². The molecule has 4 atom stereocenters. The molecule has 0 heteroatoms. The van der Waals surface area contributed by atoms with Gasteiger partial charge in [-0.3, -0.25) is 0 Å². The van der Waals surface area contributed by atoms with E-state index in [9.17, 15) is 0 Å². The molecule has 2 aliphatic rings. The molecule has 2 saturated carbocycles. The highest BCUT2D eigenvalue weighted by atomic mass is 14.6. The lowest BCUT2D eigenvalue weighted by Gasteiger charge is -2.32. The van der Waals surface area contributed by atoms with Gasteiger partial charge in [0.15, 0.2) is 0 Å². The first-order valence-electron chi connectivity index (χ1n) is 4.63.